The maximum atomic E-state index is 12.0. The van der Waals surface area contributed by atoms with E-state index < -0.39 is 10.0 Å². The van der Waals surface area contributed by atoms with Gasteiger partial charge < -0.3 is 5.32 Å². The van der Waals surface area contributed by atoms with Gasteiger partial charge in [0, 0.05) is 13.2 Å². The van der Waals surface area contributed by atoms with Crippen LogP contribution in [0.4, 0.5) is 5.82 Å². The minimum Gasteiger partial charge on any atom is -0.372 e. The summed E-state index contributed by atoms with van der Waals surface area (Å²) in [6.45, 7) is -0.0448. The molecule has 0 aliphatic heterocycles. The van der Waals surface area contributed by atoms with Crippen LogP contribution in [0.3, 0.4) is 0 Å². The third kappa shape index (κ3) is 2.60. The fourth-order valence-corrected chi connectivity index (χ4v) is 2.43. The normalized spacial score (nSPS) is 11.4. The lowest BCUT2D eigenvalue weighted by atomic mass is 10.5. The summed E-state index contributed by atoms with van der Waals surface area (Å²) in [6.07, 6.45) is 1.50. The molecule has 0 fully saturated rings. The third-order valence-electron chi connectivity index (χ3n) is 2.11. The Morgan fingerprint density at radius 2 is 2.28 bits per heavy atom. The predicted molar refractivity (Wildman–Crippen MR) is 62.0 cm³/mol. The van der Waals surface area contributed by atoms with Gasteiger partial charge in [0.1, 0.15) is 10.7 Å². The van der Waals surface area contributed by atoms with Crippen molar-refractivity contribution in [3.63, 3.8) is 0 Å². The predicted octanol–water partition coefficient (Wildman–Crippen LogP) is -0.885. The molecule has 0 aromatic carbocycles. The fraction of sp³-hybridized carbons (Fsp3) is 0.250. The van der Waals surface area contributed by atoms with Gasteiger partial charge in [0.05, 0.1) is 6.54 Å². The van der Waals surface area contributed by atoms with E-state index in [2.05, 4.69) is 35.6 Å². The first-order valence-corrected chi connectivity index (χ1v) is 6.46. The first kappa shape index (κ1) is 12.4. The minimum atomic E-state index is -3.68. The molecule has 0 atom stereocenters. The van der Waals surface area contributed by atoms with Gasteiger partial charge in [-0.3, -0.25) is 0 Å². The van der Waals surface area contributed by atoms with E-state index in [-0.39, 0.29) is 23.1 Å². The van der Waals surface area contributed by atoms with Gasteiger partial charge in [-0.05, 0) is 12.1 Å². The van der Waals surface area contributed by atoms with E-state index >= 15 is 0 Å². The topological polar surface area (TPSA) is 126 Å². The highest BCUT2D eigenvalue weighted by Crippen LogP contribution is 2.16. The lowest BCUT2D eigenvalue weighted by molar-refractivity contribution is 0.579. The molecule has 0 spiro atoms. The Morgan fingerprint density at radius 3 is 2.94 bits per heavy atom. The Bertz CT molecular complexity index is 610. The molecule has 2 rings (SSSR count). The van der Waals surface area contributed by atoms with Crippen molar-refractivity contribution >= 4 is 15.8 Å². The number of hydrogen-bond donors (Lipinski definition) is 3. The molecule has 0 bridgehead atoms. The van der Waals surface area contributed by atoms with Crippen LogP contribution in [-0.4, -0.2) is 41.1 Å². The Morgan fingerprint density at radius 1 is 1.44 bits per heavy atom. The van der Waals surface area contributed by atoms with Crippen molar-refractivity contribution < 1.29 is 8.42 Å². The quantitative estimate of drug-likeness (QED) is 0.643. The lowest BCUT2D eigenvalue weighted by Gasteiger charge is -2.08. The van der Waals surface area contributed by atoms with Crippen molar-refractivity contribution in [2.75, 3.05) is 12.4 Å². The van der Waals surface area contributed by atoms with Crippen LogP contribution in [0.1, 0.15) is 5.82 Å². The largest absolute Gasteiger partial charge is 0.372 e. The number of aromatic amines is 1. The van der Waals surface area contributed by atoms with Crippen LogP contribution in [0.15, 0.2) is 23.2 Å². The van der Waals surface area contributed by atoms with E-state index in [1.807, 2.05) is 0 Å². The molecule has 0 saturated carbocycles. The molecule has 0 aliphatic carbocycles. The Balaban J connectivity index is 2.20. The molecule has 2 aromatic rings. The number of tetrazole rings is 1. The van der Waals surface area contributed by atoms with E-state index in [9.17, 15) is 8.42 Å². The van der Waals surface area contributed by atoms with Gasteiger partial charge in [0.2, 0.25) is 10.0 Å². The Kier molecular flexibility index (Phi) is 3.48. The van der Waals surface area contributed by atoms with Crippen molar-refractivity contribution in [3.05, 3.63) is 24.2 Å². The summed E-state index contributed by atoms with van der Waals surface area (Å²) in [5, 5.41) is 15.6. The van der Waals surface area contributed by atoms with E-state index in [0.717, 1.165) is 0 Å². The van der Waals surface area contributed by atoms with Crippen molar-refractivity contribution in [3.8, 4) is 0 Å². The average molecular weight is 269 g/mol. The first-order valence-electron chi connectivity index (χ1n) is 4.98. The SMILES string of the molecule is CNc1ncccc1S(=O)(=O)NCc1nn[nH]n1. The zero-order chi connectivity index (χ0) is 13.0. The molecule has 9 nitrogen and oxygen atoms in total. The monoisotopic (exact) mass is 269 g/mol. The van der Waals surface area contributed by atoms with E-state index in [1.54, 1.807) is 13.1 Å². The highest BCUT2D eigenvalue weighted by atomic mass is 32.2. The highest BCUT2D eigenvalue weighted by molar-refractivity contribution is 7.89. The van der Waals surface area contributed by atoms with Crippen LogP contribution >= 0.6 is 0 Å². The van der Waals surface area contributed by atoms with Crippen LogP contribution < -0.4 is 10.0 Å². The van der Waals surface area contributed by atoms with Crippen LogP contribution in [0.25, 0.3) is 0 Å². The number of rotatable bonds is 5. The second kappa shape index (κ2) is 5.06. The molecule has 96 valence electrons. The van der Waals surface area contributed by atoms with Crippen molar-refractivity contribution in [1.82, 2.24) is 30.3 Å². The van der Waals surface area contributed by atoms with Gasteiger partial charge in [0.25, 0.3) is 0 Å². The smallest absolute Gasteiger partial charge is 0.244 e. The zero-order valence-electron chi connectivity index (χ0n) is 9.45. The molecule has 2 heterocycles. The second-order valence-corrected chi connectivity index (χ2v) is 4.99. The number of hydrogen-bond acceptors (Lipinski definition) is 7. The molecular formula is C8H11N7O2S. The molecule has 10 heteroatoms. The van der Waals surface area contributed by atoms with Gasteiger partial charge in [0.15, 0.2) is 5.82 Å². The number of nitrogens with one attached hydrogen (secondary N) is 3. The molecule has 3 N–H and O–H groups in total. The molecular weight excluding hydrogens is 258 g/mol. The third-order valence-corrected chi connectivity index (χ3v) is 3.54. The van der Waals surface area contributed by atoms with E-state index in [1.165, 1.54) is 12.3 Å². The molecule has 0 amide bonds. The summed E-state index contributed by atoms with van der Waals surface area (Å²) in [4.78, 5) is 3.99. The number of sulfonamides is 1. The summed E-state index contributed by atoms with van der Waals surface area (Å²) in [7, 11) is -2.08. The van der Waals surface area contributed by atoms with Gasteiger partial charge >= 0.3 is 0 Å². The number of anilines is 1. The number of H-pyrrole nitrogens is 1. The van der Waals surface area contributed by atoms with Crippen LogP contribution in [-0.2, 0) is 16.6 Å². The molecule has 0 aliphatic rings. The van der Waals surface area contributed by atoms with Crippen LogP contribution in [0.5, 0.6) is 0 Å². The van der Waals surface area contributed by atoms with Gasteiger partial charge in [-0.1, -0.05) is 5.21 Å². The summed E-state index contributed by atoms with van der Waals surface area (Å²) in [5.41, 5.74) is 0. The van der Waals surface area contributed by atoms with Crippen molar-refractivity contribution in [2.45, 2.75) is 11.4 Å². The first-order chi connectivity index (χ1) is 8.63. The van der Waals surface area contributed by atoms with Crippen LogP contribution in [0, 0.1) is 0 Å². The van der Waals surface area contributed by atoms with Gasteiger partial charge in [-0.25, -0.2) is 18.1 Å². The molecule has 18 heavy (non-hydrogen) atoms. The van der Waals surface area contributed by atoms with Crippen molar-refractivity contribution in [2.24, 2.45) is 0 Å². The maximum Gasteiger partial charge on any atom is 0.244 e. The Labute approximate surface area is 103 Å². The maximum absolute atomic E-state index is 12.0. The number of nitrogens with zero attached hydrogens (tertiary/aromatic N) is 4. The van der Waals surface area contributed by atoms with E-state index in [4.69, 9.17) is 0 Å². The van der Waals surface area contributed by atoms with Gasteiger partial charge in [-0.15, -0.1) is 10.2 Å². The summed E-state index contributed by atoms with van der Waals surface area (Å²) in [6, 6.07) is 3.00. The molecule has 0 saturated heterocycles. The summed E-state index contributed by atoms with van der Waals surface area (Å²) >= 11 is 0. The zero-order valence-corrected chi connectivity index (χ0v) is 10.3. The number of pyridine rings is 1. The molecule has 2 aromatic heterocycles. The number of aromatic nitrogens is 5. The Hall–Kier alpha value is -2.07. The van der Waals surface area contributed by atoms with Gasteiger partial charge in [-0.2, -0.15) is 5.21 Å². The van der Waals surface area contributed by atoms with Crippen LogP contribution in [0.2, 0.25) is 0 Å². The summed E-state index contributed by atoms with van der Waals surface area (Å²) < 4.78 is 26.4. The standard InChI is InChI=1S/C8H11N7O2S/c1-9-8-6(3-2-4-10-8)18(16,17)11-5-7-12-14-15-13-7/h2-4,11H,5H2,1H3,(H,9,10)(H,12,13,14,15). The highest BCUT2D eigenvalue weighted by Gasteiger charge is 2.19. The second-order valence-electron chi connectivity index (χ2n) is 3.25. The van der Waals surface area contributed by atoms with Crippen molar-refractivity contribution in [1.29, 1.82) is 0 Å². The van der Waals surface area contributed by atoms with E-state index in [0.29, 0.717) is 0 Å². The lowest BCUT2D eigenvalue weighted by Crippen LogP contribution is -2.25. The summed E-state index contributed by atoms with van der Waals surface area (Å²) in [5.74, 6) is 0.534. The molecule has 0 radical (unpaired) electrons. The fourth-order valence-electron chi connectivity index (χ4n) is 1.29. The molecule has 0 unspecified atom stereocenters. The minimum absolute atomic E-state index is 0.0448. The average Bonchev–Trinajstić information content (AvgIpc) is 2.89.